The topological polar surface area (TPSA) is 78.5 Å². The summed E-state index contributed by atoms with van der Waals surface area (Å²) >= 11 is 1.49. The van der Waals surface area contributed by atoms with Crippen molar-refractivity contribution in [2.75, 3.05) is 23.7 Å². The molecule has 2 N–H and O–H groups in total. The summed E-state index contributed by atoms with van der Waals surface area (Å²) in [6.07, 6.45) is 4.56. The van der Waals surface area contributed by atoms with Gasteiger partial charge in [-0.15, -0.1) is 11.8 Å². The first-order chi connectivity index (χ1) is 14.5. The van der Waals surface area contributed by atoms with Gasteiger partial charge in [0, 0.05) is 29.2 Å². The summed E-state index contributed by atoms with van der Waals surface area (Å²) in [6.45, 7) is 3.57. The Morgan fingerprint density at radius 2 is 1.80 bits per heavy atom. The fourth-order valence-corrected chi connectivity index (χ4v) is 5.75. The van der Waals surface area contributed by atoms with Crippen LogP contribution in [0.2, 0.25) is 0 Å². The summed E-state index contributed by atoms with van der Waals surface area (Å²) in [6, 6.07) is 12.5. The number of rotatable bonds is 4. The average molecular weight is 444 g/mol. The molecule has 1 fully saturated rings. The number of anilines is 2. The van der Waals surface area contributed by atoms with E-state index in [2.05, 4.69) is 10.6 Å². The molecule has 0 saturated carbocycles. The van der Waals surface area contributed by atoms with Gasteiger partial charge in [-0.25, -0.2) is 8.51 Å². The van der Waals surface area contributed by atoms with Crippen molar-refractivity contribution in [3.8, 4) is 0 Å². The lowest BCUT2D eigenvalue weighted by atomic mass is 10.1. The molecular formula is C22H25N3O3S2. The van der Waals surface area contributed by atoms with Crippen molar-refractivity contribution in [3.05, 3.63) is 48.0 Å². The van der Waals surface area contributed by atoms with Gasteiger partial charge in [0.05, 0.1) is 15.8 Å². The van der Waals surface area contributed by atoms with E-state index in [9.17, 15) is 13.8 Å². The molecule has 2 aliphatic heterocycles. The zero-order valence-electron chi connectivity index (χ0n) is 16.8. The number of amides is 2. The van der Waals surface area contributed by atoms with Crippen molar-refractivity contribution < 1.29 is 13.8 Å². The van der Waals surface area contributed by atoms with Crippen LogP contribution in [-0.2, 0) is 15.8 Å². The third-order valence-electron chi connectivity index (χ3n) is 5.29. The quantitative estimate of drug-likeness (QED) is 0.740. The molecule has 30 heavy (non-hydrogen) atoms. The van der Waals surface area contributed by atoms with Gasteiger partial charge in [-0.2, -0.15) is 0 Å². The monoisotopic (exact) mass is 443 g/mol. The lowest BCUT2D eigenvalue weighted by Crippen LogP contribution is -2.27. The Morgan fingerprint density at radius 1 is 1.10 bits per heavy atom. The molecule has 0 bridgehead atoms. The smallest absolute Gasteiger partial charge is 0.255 e. The van der Waals surface area contributed by atoms with E-state index in [-0.39, 0.29) is 17.1 Å². The minimum absolute atomic E-state index is 0.0574. The van der Waals surface area contributed by atoms with Gasteiger partial charge < -0.3 is 10.6 Å². The Balaban J connectivity index is 1.42. The van der Waals surface area contributed by atoms with Gasteiger partial charge in [-0.05, 0) is 62.2 Å². The molecule has 2 aromatic rings. The highest BCUT2D eigenvalue weighted by molar-refractivity contribution is 8.01. The molecule has 4 rings (SSSR count). The van der Waals surface area contributed by atoms with E-state index in [0.717, 1.165) is 35.7 Å². The summed E-state index contributed by atoms with van der Waals surface area (Å²) in [4.78, 5) is 26.2. The van der Waals surface area contributed by atoms with Crippen LogP contribution in [0.4, 0.5) is 11.4 Å². The van der Waals surface area contributed by atoms with Gasteiger partial charge in [0.15, 0.2) is 0 Å². The molecule has 8 heteroatoms. The Morgan fingerprint density at radius 3 is 2.50 bits per heavy atom. The van der Waals surface area contributed by atoms with Crippen LogP contribution < -0.4 is 10.6 Å². The molecule has 2 atom stereocenters. The van der Waals surface area contributed by atoms with Gasteiger partial charge in [-0.3, -0.25) is 9.59 Å². The highest BCUT2D eigenvalue weighted by atomic mass is 32.2. The molecule has 6 nitrogen and oxygen atoms in total. The molecule has 0 aromatic heterocycles. The molecule has 2 amide bonds. The molecule has 0 aliphatic carbocycles. The van der Waals surface area contributed by atoms with Gasteiger partial charge in [0.1, 0.15) is 11.0 Å². The number of benzene rings is 2. The van der Waals surface area contributed by atoms with Crippen LogP contribution in [0.3, 0.4) is 0 Å². The maximum Gasteiger partial charge on any atom is 0.255 e. The highest BCUT2D eigenvalue weighted by Gasteiger charge is 2.24. The Kier molecular flexibility index (Phi) is 6.55. The average Bonchev–Trinajstić information content (AvgIpc) is 3.04. The maximum absolute atomic E-state index is 12.8. The van der Waals surface area contributed by atoms with E-state index in [1.54, 1.807) is 24.3 Å². The Hall–Kier alpha value is -2.16. The Bertz CT molecular complexity index is 970. The van der Waals surface area contributed by atoms with E-state index in [4.69, 9.17) is 0 Å². The lowest BCUT2D eigenvalue weighted by molar-refractivity contribution is -0.115. The number of hydrogen-bond acceptors (Lipinski definition) is 4. The molecule has 0 spiro atoms. The predicted molar refractivity (Wildman–Crippen MR) is 121 cm³/mol. The van der Waals surface area contributed by atoms with Gasteiger partial charge in [0.25, 0.3) is 5.91 Å². The number of carbonyl (C=O) groups is 2. The van der Waals surface area contributed by atoms with Crippen molar-refractivity contribution in [1.29, 1.82) is 0 Å². The molecular weight excluding hydrogens is 418 g/mol. The number of nitrogens with one attached hydrogen (secondary N) is 2. The number of fused-ring (bicyclic) bond motifs is 1. The zero-order valence-corrected chi connectivity index (χ0v) is 18.5. The normalized spacial score (nSPS) is 20.6. The van der Waals surface area contributed by atoms with Gasteiger partial charge in [0.2, 0.25) is 5.91 Å². The van der Waals surface area contributed by atoms with Gasteiger partial charge in [-0.1, -0.05) is 12.8 Å². The molecule has 158 valence electrons. The molecule has 2 aliphatic rings. The van der Waals surface area contributed by atoms with Crippen LogP contribution in [0.25, 0.3) is 0 Å². The van der Waals surface area contributed by atoms with Gasteiger partial charge >= 0.3 is 0 Å². The molecule has 0 radical (unpaired) electrons. The molecule has 1 unspecified atom stereocenters. The van der Waals surface area contributed by atoms with Crippen LogP contribution in [0.5, 0.6) is 0 Å². The Labute approximate surface area is 183 Å². The first-order valence-electron chi connectivity index (χ1n) is 10.2. The fourth-order valence-electron chi connectivity index (χ4n) is 3.56. The van der Waals surface area contributed by atoms with E-state index in [1.165, 1.54) is 24.6 Å². The van der Waals surface area contributed by atoms with E-state index in [0.29, 0.717) is 16.9 Å². The van der Waals surface area contributed by atoms with Crippen molar-refractivity contribution in [2.45, 2.75) is 47.6 Å². The van der Waals surface area contributed by atoms with Crippen LogP contribution in [0.1, 0.15) is 43.0 Å². The summed E-state index contributed by atoms with van der Waals surface area (Å²) in [5.41, 5.74) is 1.78. The molecule has 1 saturated heterocycles. The van der Waals surface area contributed by atoms with Crippen molar-refractivity contribution in [1.82, 2.24) is 4.31 Å². The van der Waals surface area contributed by atoms with Crippen molar-refractivity contribution >= 4 is 45.9 Å². The van der Waals surface area contributed by atoms with Crippen LogP contribution in [0.15, 0.2) is 52.3 Å². The largest absolute Gasteiger partial charge is 0.324 e. The minimum atomic E-state index is -1.17. The summed E-state index contributed by atoms with van der Waals surface area (Å²) in [5.74, 6) is -0.310. The standard InChI is InChI=1S/C22H25N3O3S2/c1-15-21(26)24-19-14-16(6-11-20(19)29-15)22(27)23-17-7-9-18(10-8-17)30(28)25-12-4-2-3-5-13-25/h6-11,14-15H,2-5,12-13H2,1H3,(H,23,27)(H,24,26)/t15-,30?/m1/s1. The minimum Gasteiger partial charge on any atom is -0.324 e. The lowest BCUT2D eigenvalue weighted by Gasteiger charge is -2.21. The highest BCUT2D eigenvalue weighted by Crippen LogP contribution is 2.36. The summed E-state index contributed by atoms with van der Waals surface area (Å²) in [7, 11) is -1.17. The van der Waals surface area contributed by atoms with E-state index >= 15 is 0 Å². The number of thioether (sulfide) groups is 1. The molecule has 2 heterocycles. The number of nitrogens with zero attached hydrogens (tertiary/aromatic N) is 1. The van der Waals surface area contributed by atoms with Crippen LogP contribution in [-0.4, -0.2) is 38.7 Å². The van der Waals surface area contributed by atoms with Crippen LogP contribution >= 0.6 is 11.8 Å². The van der Waals surface area contributed by atoms with Crippen molar-refractivity contribution in [2.24, 2.45) is 0 Å². The van der Waals surface area contributed by atoms with Crippen molar-refractivity contribution in [3.63, 3.8) is 0 Å². The second-order valence-corrected chi connectivity index (χ2v) is 10.4. The summed E-state index contributed by atoms with van der Waals surface area (Å²) < 4.78 is 14.8. The predicted octanol–water partition coefficient (Wildman–Crippen LogP) is 4.27. The van der Waals surface area contributed by atoms with E-state index in [1.807, 2.05) is 29.4 Å². The first-order valence-corrected chi connectivity index (χ1v) is 12.2. The number of carbonyl (C=O) groups excluding carboxylic acids is 2. The fraction of sp³-hybridized carbons (Fsp3) is 0.364. The SMILES string of the molecule is C[C@H]1Sc2ccc(C(=O)Nc3ccc(S(=O)N4CCCCCC4)cc3)cc2NC1=O. The first kappa shape index (κ1) is 21.1. The second-order valence-electron chi connectivity index (χ2n) is 7.53. The number of hydrogen-bond donors (Lipinski definition) is 2. The van der Waals surface area contributed by atoms with E-state index < -0.39 is 11.0 Å². The maximum atomic E-state index is 12.8. The van der Waals surface area contributed by atoms with Crippen LogP contribution in [0, 0.1) is 0 Å². The second kappa shape index (κ2) is 9.32. The third-order valence-corrected chi connectivity index (χ3v) is 7.97. The summed E-state index contributed by atoms with van der Waals surface area (Å²) in [5, 5.41) is 5.57. The third kappa shape index (κ3) is 4.77. The zero-order chi connectivity index (χ0) is 21.1. The molecule has 2 aromatic carbocycles.